The first-order valence-corrected chi connectivity index (χ1v) is 11.1. The molecule has 0 amide bonds. The Labute approximate surface area is 194 Å². The molecule has 2 heteroatoms. The number of hydrogen-bond donors (Lipinski definition) is 1. The van der Waals surface area contributed by atoms with Crippen molar-refractivity contribution in [2.45, 2.75) is 10.8 Å². The van der Waals surface area contributed by atoms with Gasteiger partial charge in [0.2, 0.25) is 0 Å². The average Bonchev–Trinajstić information content (AvgIpc) is 2.90. The zero-order chi connectivity index (χ0) is 22.7. The third kappa shape index (κ3) is 3.23. The fourth-order valence-corrected chi connectivity index (χ4v) is 5.27. The second-order valence-electron chi connectivity index (χ2n) is 8.31. The molecule has 1 N–H and O–H groups in total. The molecule has 0 aromatic heterocycles. The molecule has 0 bridgehead atoms. The van der Waals surface area contributed by atoms with E-state index in [0.717, 1.165) is 11.1 Å². The van der Waals surface area contributed by atoms with Gasteiger partial charge in [-0.25, -0.2) is 4.79 Å². The summed E-state index contributed by atoms with van der Waals surface area (Å²) in [4.78, 5) is 11.6. The monoisotopic (exact) mass is 428 g/mol. The lowest BCUT2D eigenvalue weighted by Crippen LogP contribution is -2.49. The Kier molecular flexibility index (Phi) is 5.27. The number of aromatic carboxylic acids is 1. The van der Waals surface area contributed by atoms with E-state index in [1.165, 1.54) is 11.1 Å². The minimum Gasteiger partial charge on any atom is -0.478 e. The van der Waals surface area contributed by atoms with Crippen LogP contribution in [-0.4, -0.2) is 11.1 Å². The second kappa shape index (κ2) is 8.40. The molecule has 160 valence electrons. The first-order chi connectivity index (χ1) is 16.2. The molecule has 5 rings (SSSR count). The van der Waals surface area contributed by atoms with Crippen LogP contribution in [0.15, 0.2) is 140 Å². The summed E-state index contributed by atoms with van der Waals surface area (Å²) in [5.41, 5.74) is 3.65. The standard InChI is InChI=1S/C31H24O2/c32-29(33)24-18-20-28(21-19-24)31(27-16-8-3-9-17-27)23-11-10-22-30(31,25-12-4-1-5-13-25)26-14-6-2-7-15-26/h1-23H,(H,32,33). The zero-order valence-electron chi connectivity index (χ0n) is 18.1. The van der Waals surface area contributed by atoms with Crippen molar-refractivity contribution in [3.63, 3.8) is 0 Å². The molecule has 0 spiro atoms. The number of allylic oxidation sites excluding steroid dienone is 4. The van der Waals surface area contributed by atoms with Gasteiger partial charge in [0, 0.05) is 0 Å². The Morgan fingerprint density at radius 2 is 0.818 bits per heavy atom. The number of carboxylic acid groups (broad SMARTS) is 1. The smallest absolute Gasteiger partial charge is 0.335 e. The van der Waals surface area contributed by atoms with E-state index in [-0.39, 0.29) is 5.56 Å². The number of hydrogen-bond acceptors (Lipinski definition) is 1. The SMILES string of the molecule is O=C(O)c1ccc(C2(c3ccccc3)C=CC=CC2(c2ccccc2)c2ccccc2)cc1. The van der Waals surface area contributed by atoms with Crippen LogP contribution in [-0.2, 0) is 10.8 Å². The summed E-state index contributed by atoms with van der Waals surface area (Å²) in [6, 6.07) is 38.9. The molecule has 33 heavy (non-hydrogen) atoms. The predicted molar refractivity (Wildman–Crippen MR) is 133 cm³/mol. The van der Waals surface area contributed by atoms with Crippen LogP contribution in [0.4, 0.5) is 0 Å². The van der Waals surface area contributed by atoms with Gasteiger partial charge in [0.05, 0.1) is 16.4 Å². The highest BCUT2D eigenvalue weighted by molar-refractivity contribution is 5.87. The topological polar surface area (TPSA) is 37.3 Å². The number of benzene rings is 4. The van der Waals surface area contributed by atoms with E-state index in [4.69, 9.17) is 0 Å². The Bertz CT molecular complexity index is 1260. The Hall–Kier alpha value is -4.17. The highest BCUT2D eigenvalue weighted by Gasteiger charge is 2.53. The van der Waals surface area contributed by atoms with E-state index >= 15 is 0 Å². The minimum absolute atomic E-state index is 0.280. The maximum absolute atomic E-state index is 11.6. The van der Waals surface area contributed by atoms with Gasteiger partial charge in [0.1, 0.15) is 0 Å². The molecule has 2 nitrogen and oxygen atoms in total. The van der Waals surface area contributed by atoms with Gasteiger partial charge in [-0.3, -0.25) is 0 Å². The number of carboxylic acids is 1. The third-order valence-corrected chi connectivity index (χ3v) is 6.70. The summed E-state index contributed by atoms with van der Waals surface area (Å²) in [6.07, 6.45) is 8.77. The van der Waals surface area contributed by atoms with E-state index in [2.05, 4.69) is 97.1 Å². The highest BCUT2D eigenvalue weighted by atomic mass is 16.4. The maximum atomic E-state index is 11.6. The van der Waals surface area contributed by atoms with E-state index in [1.807, 2.05) is 30.3 Å². The van der Waals surface area contributed by atoms with Gasteiger partial charge in [-0.2, -0.15) is 0 Å². The van der Waals surface area contributed by atoms with Gasteiger partial charge >= 0.3 is 5.97 Å². The summed E-state index contributed by atoms with van der Waals surface area (Å²) in [5, 5.41) is 9.50. The Balaban J connectivity index is 1.91. The highest BCUT2D eigenvalue weighted by Crippen LogP contribution is 2.56. The van der Waals surface area contributed by atoms with Crippen LogP contribution >= 0.6 is 0 Å². The maximum Gasteiger partial charge on any atom is 0.335 e. The van der Waals surface area contributed by atoms with Gasteiger partial charge in [-0.05, 0) is 34.4 Å². The van der Waals surface area contributed by atoms with Crippen LogP contribution in [0, 0.1) is 0 Å². The fourth-order valence-electron chi connectivity index (χ4n) is 5.27. The molecular weight excluding hydrogens is 404 g/mol. The summed E-state index contributed by atoms with van der Waals surface area (Å²) >= 11 is 0. The lowest BCUT2D eigenvalue weighted by atomic mass is 9.50. The molecule has 0 heterocycles. The lowest BCUT2D eigenvalue weighted by Gasteiger charge is -2.51. The van der Waals surface area contributed by atoms with E-state index in [9.17, 15) is 9.90 Å². The predicted octanol–water partition coefficient (Wildman–Crippen LogP) is 6.78. The van der Waals surface area contributed by atoms with E-state index in [0.29, 0.717) is 0 Å². The van der Waals surface area contributed by atoms with Crippen LogP contribution in [0.3, 0.4) is 0 Å². The first kappa shape index (κ1) is 20.7. The summed E-state index contributed by atoms with van der Waals surface area (Å²) in [7, 11) is 0. The largest absolute Gasteiger partial charge is 0.478 e. The third-order valence-electron chi connectivity index (χ3n) is 6.70. The molecule has 0 saturated heterocycles. The molecule has 1 atom stereocenters. The van der Waals surface area contributed by atoms with Crippen molar-refractivity contribution in [3.8, 4) is 0 Å². The normalized spacial score (nSPS) is 18.7. The molecule has 4 aromatic rings. The molecule has 1 aliphatic rings. The van der Waals surface area contributed by atoms with Crippen molar-refractivity contribution in [2.75, 3.05) is 0 Å². The molecule has 4 aromatic carbocycles. The Morgan fingerprint density at radius 1 is 0.485 bits per heavy atom. The summed E-state index contributed by atoms with van der Waals surface area (Å²) < 4.78 is 0. The van der Waals surface area contributed by atoms with Crippen LogP contribution < -0.4 is 0 Å². The molecule has 0 fully saturated rings. The molecule has 0 saturated carbocycles. The summed E-state index contributed by atoms with van der Waals surface area (Å²) in [6.45, 7) is 0. The van der Waals surface area contributed by atoms with Crippen molar-refractivity contribution < 1.29 is 9.90 Å². The van der Waals surface area contributed by atoms with E-state index < -0.39 is 16.8 Å². The van der Waals surface area contributed by atoms with Crippen molar-refractivity contribution in [1.82, 2.24) is 0 Å². The molecule has 0 radical (unpaired) electrons. The van der Waals surface area contributed by atoms with Crippen molar-refractivity contribution >= 4 is 5.97 Å². The molecule has 0 aliphatic heterocycles. The van der Waals surface area contributed by atoms with Crippen molar-refractivity contribution in [2.24, 2.45) is 0 Å². The van der Waals surface area contributed by atoms with Crippen molar-refractivity contribution in [1.29, 1.82) is 0 Å². The first-order valence-electron chi connectivity index (χ1n) is 11.1. The average molecular weight is 429 g/mol. The van der Waals surface area contributed by atoms with Gasteiger partial charge in [-0.1, -0.05) is 127 Å². The van der Waals surface area contributed by atoms with Crippen LogP contribution in [0.25, 0.3) is 0 Å². The van der Waals surface area contributed by atoms with E-state index in [1.54, 1.807) is 12.1 Å². The molecule has 1 aliphatic carbocycles. The Morgan fingerprint density at radius 3 is 1.15 bits per heavy atom. The molecular formula is C31H24O2. The van der Waals surface area contributed by atoms with Gasteiger partial charge in [0.15, 0.2) is 0 Å². The fraction of sp³-hybridized carbons (Fsp3) is 0.0645. The summed E-state index contributed by atoms with van der Waals surface area (Å²) in [5.74, 6) is -0.924. The lowest BCUT2D eigenvalue weighted by molar-refractivity contribution is 0.0697. The van der Waals surface area contributed by atoms with Crippen LogP contribution in [0.1, 0.15) is 32.6 Å². The van der Waals surface area contributed by atoms with Crippen LogP contribution in [0.5, 0.6) is 0 Å². The number of rotatable bonds is 5. The molecule has 1 unspecified atom stereocenters. The zero-order valence-corrected chi connectivity index (χ0v) is 18.1. The quantitative estimate of drug-likeness (QED) is 0.380. The number of carbonyl (C=O) groups is 1. The van der Waals surface area contributed by atoms with Gasteiger partial charge in [-0.15, -0.1) is 0 Å². The van der Waals surface area contributed by atoms with Crippen molar-refractivity contribution in [3.05, 3.63) is 167 Å². The van der Waals surface area contributed by atoms with Crippen LogP contribution in [0.2, 0.25) is 0 Å². The van der Waals surface area contributed by atoms with Gasteiger partial charge in [0.25, 0.3) is 0 Å². The minimum atomic E-state index is -0.924. The van der Waals surface area contributed by atoms with Gasteiger partial charge < -0.3 is 5.11 Å². The second-order valence-corrected chi connectivity index (χ2v) is 8.31.